The van der Waals surface area contributed by atoms with Crippen LogP contribution in [0, 0.1) is 23.3 Å². The van der Waals surface area contributed by atoms with E-state index >= 15 is 0 Å². The minimum Gasteiger partial charge on any atom is -0.353 e. The smallest absolute Gasteiger partial charge is 0.225 e. The Balaban J connectivity index is 1.88. The van der Waals surface area contributed by atoms with E-state index in [2.05, 4.69) is 26.1 Å². The summed E-state index contributed by atoms with van der Waals surface area (Å²) in [7, 11) is 3.84. The fraction of sp³-hybridized carbons (Fsp3) is 0.200. The van der Waals surface area contributed by atoms with Gasteiger partial charge in [-0.1, -0.05) is 30.3 Å². The molecule has 0 saturated heterocycles. The molecule has 30 heavy (non-hydrogen) atoms. The maximum Gasteiger partial charge on any atom is 0.225 e. The highest BCUT2D eigenvalue weighted by Gasteiger charge is 2.19. The number of hydrazine groups is 1. The van der Waals surface area contributed by atoms with Crippen LogP contribution >= 0.6 is 0 Å². The molecule has 158 valence electrons. The minimum absolute atomic E-state index is 0.139. The fourth-order valence-electron chi connectivity index (χ4n) is 2.55. The molecule has 0 atom stereocenters. The van der Waals surface area contributed by atoms with Gasteiger partial charge < -0.3 is 10.2 Å². The summed E-state index contributed by atoms with van der Waals surface area (Å²) in [5.74, 6) is -5.73. The van der Waals surface area contributed by atoms with Crippen molar-refractivity contribution in [3.63, 3.8) is 0 Å². The van der Waals surface area contributed by atoms with Crippen LogP contribution in [0.5, 0.6) is 0 Å². The van der Waals surface area contributed by atoms with Crippen LogP contribution in [-0.4, -0.2) is 42.1 Å². The van der Waals surface area contributed by atoms with Gasteiger partial charge in [0, 0.05) is 30.8 Å². The van der Waals surface area contributed by atoms with Gasteiger partial charge in [-0.25, -0.2) is 22.5 Å². The monoisotopic (exact) mass is 420 g/mol. The first-order valence-electron chi connectivity index (χ1n) is 9.03. The van der Waals surface area contributed by atoms with Crippen LogP contribution in [0.3, 0.4) is 0 Å². The standard InChI is InChI=1S/C20H20F4N6/c1-30(2)9-8-25-20-26-15(12-6-4-3-5-7-12)11-16(27-20)28-29-19-17(23)13(21)10-14(22)18(19)24/h3-7,10-11,29H,8-9H2,1-2H3,(H2,25,26,27,28). The number of nitrogens with one attached hydrogen (secondary N) is 3. The van der Waals surface area contributed by atoms with Gasteiger partial charge in [0.2, 0.25) is 5.95 Å². The van der Waals surface area contributed by atoms with Gasteiger partial charge in [0.05, 0.1) is 5.69 Å². The largest absolute Gasteiger partial charge is 0.353 e. The molecule has 0 unspecified atom stereocenters. The number of anilines is 3. The van der Waals surface area contributed by atoms with Crippen LogP contribution in [0.2, 0.25) is 0 Å². The van der Waals surface area contributed by atoms with Crippen molar-refractivity contribution in [3.8, 4) is 11.3 Å². The summed E-state index contributed by atoms with van der Waals surface area (Å²) in [5, 5.41) is 3.07. The molecular weight excluding hydrogens is 400 g/mol. The molecule has 0 spiro atoms. The Labute approximate surface area is 170 Å². The average Bonchev–Trinajstić information content (AvgIpc) is 2.72. The molecule has 0 aliphatic carbocycles. The predicted molar refractivity (Wildman–Crippen MR) is 108 cm³/mol. The summed E-state index contributed by atoms with van der Waals surface area (Å²) >= 11 is 0. The van der Waals surface area contributed by atoms with Crippen molar-refractivity contribution in [2.45, 2.75) is 0 Å². The molecule has 3 N–H and O–H groups in total. The van der Waals surface area contributed by atoms with Gasteiger partial charge in [0.15, 0.2) is 29.1 Å². The van der Waals surface area contributed by atoms with Gasteiger partial charge in [0.25, 0.3) is 0 Å². The molecule has 0 bridgehead atoms. The quantitative estimate of drug-likeness (QED) is 0.290. The first-order chi connectivity index (χ1) is 14.3. The fourth-order valence-corrected chi connectivity index (χ4v) is 2.55. The third-order valence-electron chi connectivity index (χ3n) is 4.07. The molecule has 0 radical (unpaired) electrons. The maximum absolute atomic E-state index is 13.9. The van der Waals surface area contributed by atoms with E-state index in [1.165, 1.54) is 6.07 Å². The summed E-state index contributed by atoms with van der Waals surface area (Å²) in [5.41, 5.74) is 4.96. The molecule has 0 aliphatic heterocycles. The zero-order chi connectivity index (χ0) is 21.7. The topological polar surface area (TPSA) is 65.1 Å². The molecule has 0 saturated carbocycles. The number of benzene rings is 2. The molecule has 0 fully saturated rings. The van der Waals surface area contributed by atoms with Crippen molar-refractivity contribution < 1.29 is 17.6 Å². The van der Waals surface area contributed by atoms with Gasteiger partial charge in [-0.15, -0.1) is 0 Å². The number of rotatable bonds is 8. The van der Waals surface area contributed by atoms with Crippen molar-refractivity contribution in [1.82, 2.24) is 14.9 Å². The summed E-state index contributed by atoms with van der Waals surface area (Å²) in [6.07, 6.45) is 0. The normalized spacial score (nSPS) is 10.9. The lowest BCUT2D eigenvalue weighted by Crippen LogP contribution is -2.22. The summed E-state index contributed by atoms with van der Waals surface area (Å²) in [6.45, 7) is 1.27. The van der Waals surface area contributed by atoms with E-state index in [-0.39, 0.29) is 17.8 Å². The van der Waals surface area contributed by atoms with E-state index in [1.807, 2.05) is 49.3 Å². The number of nitrogens with zero attached hydrogens (tertiary/aromatic N) is 3. The second-order valence-corrected chi connectivity index (χ2v) is 6.65. The average molecular weight is 420 g/mol. The van der Waals surface area contributed by atoms with Crippen LogP contribution in [0.15, 0.2) is 42.5 Å². The van der Waals surface area contributed by atoms with E-state index in [4.69, 9.17) is 0 Å². The lowest BCUT2D eigenvalue weighted by molar-refractivity contribution is 0.425. The van der Waals surface area contributed by atoms with E-state index in [0.29, 0.717) is 12.2 Å². The Bertz CT molecular complexity index is 988. The Morgan fingerprint density at radius 3 is 2.17 bits per heavy atom. The molecule has 3 aromatic rings. The Hall–Kier alpha value is -3.40. The zero-order valence-electron chi connectivity index (χ0n) is 16.3. The van der Waals surface area contributed by atoms with E-state index in [9.17, 15) is 17.6 Å². The number of likely N-dealkylation sites (N-methyl/N-ethyl adjacent to an activating group) is 1. The molecule has 1 heterocycles. The van der Waals surface area contributed by atoms with Gasteiger partial charge >= 0.3 is 0 Å². The van der Waals surface area contributed by atoms with Crippen molar-refractivity contribution in [3.05, 3.63) is 65.7 Å². The SMILES string of the molecule is CN(C)CCNc1nc(NNc2c(F)c(F)cc(F)c2F)cc(-c2ccccc2)n1. The van der Waals surface area contributed by atoms with Gasteiger partial charge in [-0.2, -0.15) is 4.98 Å². The highest BCUT2D eigenvalue weighted by molar-refractivity contribution is 5.65. The highest BCUT2D eigenvalue weighted by atomic mass is 19.2. The molecule has 0 aliphatic rings. The van der Waals surface area contributed by atoms with Crippen LogP contribution in [0.4, 0.5) is 35.0 Å². The lowest BCUT2D eigenvalue weighted by Gasteiger charge is -2.15. The molecule has 3 rings (SSSR count). The lowest BCUT2D eigenvalue weighted by atomic mass is 10.1. The van der Waals surface area contributed by atoms with Crippen LogP contribution < -0.4 is 16.2 Å². The molecule has 0 amide bonds. The third kappa shape index (κ3) is 5.15. The van der Waals surface area contributed by atoms with Crippen LogP contribution in [-0.2, 0) is 0 Å². The predicted octanol–water partition coefficient (Wildman–Crippen LogP) is 4.11. The third-order valence-corrected chi connectivity index (χ3v) is 4.07. The van der Waals surface area contributed by atoms with E-state index in [0.717, 1.165) is 12.1 Å². The molecule has 2 aromatic carbocycles. The molecule has 1 aromatic heterocycles. The minimum atomic E-state index is -1.55. The van der Waals surface area contributed by atoms with Gasteiger partial charge in [-0.3, -0.25) is 10.9 Å². The number of hydrogen-bond donors (Lipinski definition) is 3. The molecule has 6 nitrogen and oxygen atoms in total. The molecule has 10 heteroatoms. The Kier molecular flexibility index (Phi) is 6.68. The second-order valence-electron chi connectivity index (χ2n) is 6.65. The summed E-state index contributed by atoms with van der Waals surface area (Å²) in [6, 6.07) is 10.9. The molecular formula is C20H20F4N6. The van der Waals surface area contributed by atoms with E-state index < -0.39 is 29.0 Å². The van der Waals surface area contributed by atoms with Gasteiger partial charge in [0.1, 0.15) is 5.69 Å². The number of aromatic nitrogens is 2. The van der Waals surface area contributed by atoms with Crippen molar-refractivity contribution in [1.29, 1.82) is 0 Å². The van der Waals surface area contributed by atoms with E-state index in [1.54, 1.807) is 0 Å². The summed E-state index contributed by atoms with van der Waals surface area (Å²) in [4.78, 5) is 10.6. The Morgan fingerprint density at radius 1 is 0.867 bits per heavy atom. The summed E-state index contributed by atoms with van der Waals surface area (Å²) < 4.78 is 54.6. The van der Waals surface area contributed by atoms with Gasteiger partial charge in [-0.05, 0) is 14.1 Å². The van der Waals surface area contributed by atoms with Crippen molar-refractivity contribution in [2.75, 3.05) is 43.4 Å². The number of halogens is 4. The maximum atomic E-state index is 13.9. The highest BCUT2D eigenvalue weighted by Crippen LogP contribution is 2.25. The second kappa shape index (κ2) is 9.40. The first-order valence-corrected chi connectivity index (χ1v) is 9.03. The zero-order valence-corrected chi connectivity index (χ0v) is 16.3. The Morgan fingerprint density at radius 2 is 1.53 bits per heavy atom. The van der Waals surface area contributed by atoms with Crippen molar-refractivity contribution in [2.24, 2.45) is 0 Å². The van der Waals surface area contributed by atoms with Crippen LogP contribution in [0.1, 0.15) is 0 Å². The number of hydrogen-bond acceptors (Lipinski definition) is 6. The first kappa shape index (κ1) is 21.3. The van der Waals surface area contributed by atoms with Crippen molar-refractivity contribution >= 4 is 17.5 Å². The van der Waals surface area contributed by atoms with Crippen LogP contribution in [0.25, 0.3) is 11.3 Å².